The fourth-order valence-corrected chi connectivity index (χ4v) is 1.36. The minimum Gasteiger partial charge on any atom is -0.330 e. The lowest BCUT2D eigenvalue weighted by atomic mass is 10.0. The van der Waals surface area contributed by atoms with E-state index in [0.29, 0.717) is 5.92 Å². The fourth-order valence-electron chi connectivity index (χ4n) is 1.15. The average molecular weight is 184 g/mol. The summed E-state index contributed by atoms with van der Waals surface area (Å²) in [5.74, 6) is 0.531. The largest absolute Gasteiger partial charge is 0.330 e. The van der Waals surface area contributed by atoms with Crippen LogP contribution < -0.4 is 5.73 Å². The van der Waals surface area contributed by atoms with Crippen molar-refractivity contribution in [3.05, 3.63) is 34.9 Å². The van der Waals surface area contributed by atoms with Crippen LogP contribution in [-0.4, -0.2) is 6.54 Å². The highest BCUT2D eigenvalue weighted by Crippen LogP contribution is 2.13. The van der Waals surface area contributed by atoms with Crippen molar-refractivity contribution >= 4 is 11.6 Å². The molecule has 0 saturated carbocycles. The van der Waals surface area contributed by atoms with Gasteiger partial charge in [-0.3, -0.25) is 0 Å². The molecule has 0 aromatic heterocycles. The summed E-state index contributed by atoms with van der Waals surface area (Å²) in [7, 11) is 0. The Kier molecular flexibility index (Phi) is 3.57. The molecule has 1 aromatic carbocycles. The number of hydrogen-bond donors (Lipinski definition) is 1. The number of nitrogens with two attached hydrogens (primary N) is 1. The van der Waals surface area contributed by atoms with Crippen LogP contribution in [0.15, 0.2) is 24.3 Å². The van der Waals surface area contributed by atoms with Crippen molar-refractivity contribution in [2.24, 2.45) is 11.7 Å². The molecule has 0 bridgehead atoms. The van der Waals surface area contributed by atoms with Gasteiger partial charge in [-0.2, -0.15) is 0 Å². The Morgan fingerprint density at radius 2 is 2.25 bits per heavy atom. The first-order valence-electron chi connectivity index (χ1n) is 4.17. The van der Waals surface area contributed by atoms with E-state index in [9.17, 15) is 0 Å². The van der Waals surface area contributed by atoms with Gasteiger partial charge in [-0.25, -0.2) is 0 Å². The highest BCUT2D eigenvalue weighted by molar-refractivity contribution is 6.30. The third-order valence-electron chi connectivity index (χ3n) is 1.88. The van der Waals surface area contributed by atoms with Gasteiger partial charge in [0.25, 0.3) is 0 Å². The molecule has 66 valence electrons. The quantitative estimate of drug-likeness (QED) is 0.766. The smallest absolute Gasteiger partial charge is 0.0408 e. The van der Waals surface area contributed by atoms with E-state index in [1.807, 2.05) is 18.2 Å². The van der Waals surface area contributed by atoms with Crippen molar-refractivity contribution in [3.8, 4) is 0 Å². The van der Waals surface area contributed by atoms with E-state index in [1.54, 1.807) is 0 Å². The average Bonchev–Trinajstić information content (AvgIpc) is 2.04. The number of hydrogen-bond acceptors (Lipinski definition) is 1. The molecule has 0 radical (unpaired) electrons. The standard InChI is InChI=1S/C10H14ClN/c1-8(7-12)5-9-3-2-4-10(11)6-9/h2-4,6,8H,5,7,12H2,1H3/t8-/m0/s1. The number of rotatable bonds is 3. The maximum absolute atomic E-state index is 5.84. The minimum absolute atomic E-state index is 0.531. The summed E-state index contributed by atoms with van der Waals surface area (Å²) in [5.41, 5.74) is 6.79. The predicted molar refractivity (Wildman–Crippen MR) is 53.4 cm³/mol. The Balaban J connectivity index is 2.63. The van der Waals surface area contributed by atoms with Crippen molar-refractivity contribution < 1.29 is 0 Å². The molecule has 0 aliphatic heterocycles. The van der Waals surface area contributed by atoms with E-state index >= 15 is 0 Å². The van der Waals surface area contributed by atoms with Gasteiger partial charge in [0.2, 0.25) is 0 Å². The number of benzene rings is 1. The monoisotopic (exact) mass is 183 g/mol. The zero-order valence-electron chi connectivity index (χ0n) is 7.26. The third-order valence-corrected chi connectivity index (χ3v) is 2.11. The van der Waals surface area contributed by atoms with Gasteiger partial charge in [0.1, 0.15) is 0 Å². The highest BCUT2D eigenvalue weighted by Gasteiger charge is 2.00. The van der Waals surface area contributed by atoms with Crippen LogP contribution in [-0.2, 0) is 6.42 Å². The van der Waals surface area contributed by atoms with E-state index in [1.165, 1.54) is 5.56 Å². The first-order chi connectivity index (χ1) is 5.72. The Labute approximate surface area is 78.5 Å². The first-order valence-corrected chi connectivity index (χ1v) is 4.54. The molecule has 0 spiro atoms. The number of halogens is 1. The molecule has 1 atom stereocenters. The van der Waals surface area contributed by atoms with Crippen LogP contribution in [0.25, 0.3) is 0 Å². The normalized spacial score (nSPS) is 12.9. The van der Waals surface area contributed by atoms with Crippen LogP contribution in [0, 0.1) is 5.92 Å². The van der Waals surface area contributed by atoms with Gasteiger partial charge in [-0.1, -0.05) is 30.7 Å². The summed E-state index contributed by atoms with van der Waals surface area (Å²) in [6, 6.07) is 7.94. The minimum atomic E-state index is 0.531. The van der Waals surface area contributed by atoms with Gasteiger partial charge in [-0.15, -0.1) is 0 Å². The molecular weight excluding hydrogens is 170 g/mol. The van der Waals surface area contributed by atoms with E-state index in [4.69, 9.17) is 17.3 Å². The summed E-state index contributed by atoms with van der Waals surface area (Å²) in [6.07, 6.45) is 1.01. The van der Waals surface area contributed by atoms with Crippen molar-refractivity contribution in [1.29, 1.82) is 0 Å². The second kappa shape index (κ2) is 4.48. The van der Waals surface area contributed by atoms with Crippen LogP contribution in [0.3, 0.4) is 0 Å². The predicted octanol–water partition coefficient (Wildman–Crippen LogP) is 2.48. The highest BCUT2D eigenvalue weighted by atomic mass is 35.5. The third kappa shape index (κ3) is 2.84. The second-order valence-corrected chi connectivity index (χ2v) is 3.61. The maximum atomic E-state index is 5.84. The molecule has 0 aliphatic rings. The molecule has 1 aromatic rings. The molecule has 0 saturated heterocycles. The van der Waals surface area contributed by atoms with E-state index in [0.717, 1.165) is 18.0 Å². The van der Waals surface area contributed by atoms with Gasteiger partial charge in [-0.05, 0) is 36.6 Å². The second-order valence-electron chi connectivity index (χ2n) is 3.17. The molecule has 1 nitrogen and oxygen atoms in total. The van der Waals surface area contributed by atoms with Crippen molar-refractivity contribution in [2.45, 2.75) is 13.3 Å². The Morgan fingerprint density at radius 3 is 2.83 bits per heavy atom. The molecule has 0 heterocycles. The van der Waals surface area contributed by atoms with Crippen LogP contribution in [0.1, 0.15) is 12.5 Å². The molecule has 0 unspecified atom stereocenters. The Morgan fingerprint density at radius 1 is 1.50 bits per heavy atom. The summed E-state index contributed by atoms with van der Waals surface area (Å²) >= 11 is 5.84. The van der Waals surface area contributed by atoms with Crippen LogP contribution in [0.2, 0.25) is 5.02 Å². The van der Waals surface area contributed by atoms with Gasteiger partial charge in [0, 0.05) is 5.02 Å². The van der Waals surface area contributed by atoms with Gasteiger partial charge >= 0.3 is 0 Å². The first kappa shape index (κ1) is 9.56. The van der Waals surface area contributed by atoms with Crippen molar-refractivity contribution in [1.82, 2.24) is 0 Å². The Hall–Kier alpha value is -0.530. The molecule has 12 heavy (non-hydrogen) atoms. The lowest BCUT2D eigenvalue weighted by molar-refractivity contribution is 0.593. The molecule has 0 aliphatic carbocycles. The summed E-state index contributed by atoms with van der Waals surface area (Å²) in [4.78, 5) is 0. The van der Waals surface area contributed by atoms with Crippen LogP contribution >= 0.6 is 11.6 Å². The zero-order chi connectivity index (χ0) is 8.97. The van der Waals surface area contributed by atoms with Gasteiger partial charge in [0.15, 0.2) is 0 Å². The lowest BCUT2D eigenvalue weighted by Gasteiger charge is -2.07. The maximum Gasteiger partial charge on any atom is 0.0408 e. The fraction of sp³-hybridized carbons (Fsp3) is 0.400. The summed E-state index contributed by atoms with van der Waals surface area (Å²) in [5, 5.41) is 0.803. The molecule has 1 rings (SSSR count). The topological polar surface area (TPSA) is 26.0 Å². The molecular formula is C10H14ClN. The van der Waals surface area contributed by atoms with Gasteiger partial charge in [0.05, 0.1) is 0 Å². The van der Waals surface area contributed by atoms with Crippen molar-refractivity contribution in [2.75, 3.05) is 6.54 Å². The SMILES string of the molecule is C[C@H](CN)Cc1cccc(Cl)c1. The molecule has 0 amide bonds. The summed E-state index contributed by atoms with van der Waals surface area (Å²) < 4.78 is 0. The molecule has 2 N–H and O–H groups in total. The van der Waals surface area contributed by atoms with Gasteiger partial charge < -0.3 is 5.73 Å². The molecule has 0 fully saturated rings. The van der Waals surface area contributed by atoms with E-state index in [-0.39, 0.29) is 0 Å². The van der Waals surface area contributed by atoms with Crippen molar-refractivity contribution in [3.63, 3.8) is 0 Å². The zero-order valence-corrected chi connectivity index (χ0v) is 8.01. The molecule has 2 heteroatoms. The van der Waals surface area contributed by atoms with E-state index < -0.39 is 0 Å². The van der Waals surface area contributed by atoms with E-state index in [2.05, 4.69) is 13.0 Å². The lowest BCUT2D eigenvalue weighted by Crippen LogP contribution is -2.12. The summed E-state index contributed by atoms with van der Waals surface area (Å²) in [6.45, 7) is 2.87. The Bertz CT molecular complexity index is 247. The van der Waals surface area contributed by atoms with Crippen LogP contribution in [0.5, 0.6) is 0 Å². The van der Waals surface area contributed by atoms with Crippen LogP contribution in [0.4, 0.5) is 0 Å².